The average Bonchev–Trinajstić information content (AvgIpc) is 3.04. The number of rotatable bonds is 5. The monoisotopic (exact) mass is 364 g/mol. The summed E-state index contributed by atoms with van der Waals surface area (Å²) in [6.45, 7) is 11.1. The minimum absolute atomic E-state index is 0.831. The van der Waals surface area contributed by atoms with E-state index >= 15 is 0 Å². The third-order valence-electron chi connectivity index (χ3n) is 5.26. The van der Waals surface area contributed by atoms with E-state index in [1.165, 1.54) is 5.69 Å². The summed E-state index contributed by atoms with van der Waals surface area (Å²) in [5.41, 5.74) is 4.39. The second-order valence-corrected chi connectivity index (χ2v) is 7.12. The number of piperazine rings is 1. The maximum atomic E-state index is 4.97. The molecule has 27 heavy (non-hydrogen) atoms. The van der Waals surface area contributed by atoms with Gasteiger partial charge in [0.2, 0.25) is 0 Å². The second kappa shape index (κ2) is 7.55. The molecule has 3 heterocycles. The molecule has 1 aliphatic rings. The van der Waals surface area contributed by atoms with Crippen LogP contribution >= 0.6 is 0 Å². The molecule has 2 aromatic heterocycles. The Bertz CT molecular complexity index is 909. The van der Waals surface area contributed by atoms with E-state index in [1.807, 2.05) is 6.92 Å². The molecule has 1 fully saturated rings. The van der Waals surface area contributed by atoms with E-state index in [0.717, 1.165) is 73.9 Å². The molecule has 4 rings (SSSR count). The number of fused-ring (bicyclic) bond motifs is 1. The van der Waals surface area contributed by atoms with Crippen LogP contribution in [0.4, 0.5) is 11.5 Å². The number of aryl methyl sites for hydroxylation is 3. The number of anilines is 2. The predicted molar refractivity (Wildman–Crippen MR) is 111 cm³/mol. The maximum absolute atomic E-state index is 4.97. The SMILES string of the molecule is CCCc1nc(N2CCN(c3ccccc3)CC2)c2c(n1)c(C)nn2CC. The Balaban J connectivity index is 1.67. The molecule has 142 valence electrons. The van der Waals surface area contributed by atoms with E-state index in [2.05, 4.69) is 58.7 Å². The number of nitrogens with zero attached hydrogens (tertiary/aromatic N) is 6. The molecule has 0 bridgehead atoms. The molecule has 0 radical (unpaired) electrons. The second-order valence-electron chi connectivity index (χ2n) is 7.12. The van der Waals surface area contributed by atoms with Crippen LogP contribution in [-0.4, -0.2) is 45.9 Å². The van der Waals surface area contributed by atoms with Crippen LogP contribution in [0.3, 0.4) is 0 Å². The van der Waals surface area contributed by atoms with Gasteiger partial charge in [0.1, 0.15) is 16.9 Å². The van der Waals surface area contributed by atoms with E-state index in [-0.39, 0.29) is 0 Å². The largest absolute Gasteiger partial charge is 0.368 e. The normalized spacial score (nSPS) is 14.9. The maximum Gasteiger partial charge on any atom is 0.158 e. The summed E-state index contributed by atoms with van der Waals surface area (Å²) in [6, 6.07) is 10.7. The Kier molecular flexibility index (Phi) is 4.97. The zero-order chi connectivity index (χ0) is 18.8. The van der Waals surface area contributed by atoms with Crippen molar-refractivity contribution in [2.45, 2.75) is 40.2 Å². The van der Waals surface area contributed by atoms with Gasteiger partial charge in [0.15, 0.2) is 5.82 Å². The fourth-order valence-electron chi connectivity index (χ4n) is 3.86. The van der Waals surface area contributed by atoms with Crippen molar-refractivity contribution in [3.05, 3.63) is 41.9 Å². The summed E-state index contributed by atoms with van der Waals surface area (Å²) in [5, 5.41) is 4.70. The first-order valence-electron chi connectivity index (χ1n) is 10.00. The van der Waals surface area contributed by atoms with Crippen molar-refractivity contribution in [2.75, 3.05) is 36.0 Å². The average molecular weight is 364 g/mol. The first kappa shape index (κ1) is 17.8. The summed E-state index contributed by atoms with van der Waals surface area (Å²) in [6.07, 6.45) is 1.96. The van der Waals surface area contributed by atoms with Crippen LogP contribution < -0.4 is 9.80 Å². The van der Waals surface area contributed by atoms with Crippen LogP contribution in [0.2, 0.25) is 0 Å². The zero-order valence-electron chi connectivity index (χ0n) is 16.5. The Morgan fingerprint density at radius 3 is 2.30 bits per heavy atom. The predicted octanol–water partition coefficient (Wildman–Crippen LogP) is 3.43. The topological polar surface area (TPSA) is 50.1 Å². The Morgan fingerprint density at radius 2 is 1.63 bits per heavy atom. The highest BCUT2D eigenvalue weighted by atomic mass is 15.3. The Labute approximate surface area is 160 Å². The molecule has 6 heteroatoms. The molecule has 1 aromatic carbocycles. The van der Waals surface area contributed by atoms with E-state index in [4.69, 9.17) is 15.1 Å². The van der Waals surface area contributed by atoms with Gasteiger partial charge >= 0.3 is 0 Å². The van der Waals surface area contributed by atoms with Crippen LogP contribution in [0, 0.1) is 6.92 Å². The summed E-state index contributed by atoms with van der Waals surface area (Å²) in [7, 11) is 0. The van der Waals surface area contributed by atoms with Gasteiger partial charge in [-0.2, -0.15) is 5.10 Å². The summed E-state index contributed by atoms with van der Waals surface area (Å²) < 4.78 is 2.05. The van der Waals surface area contributed by atoms with Crippen molar-refractivity contribution >= 4 is 22.5 Å². The lowest BCUT2D eigenvalue weighted by molar-refractivity contribution is 0.637. The van der Waals surface area contributed by atoms with Crippen molar-refractivity contribution in [1.29, 1.82) is 0 Å². The molecule has 0 spiro atoms. The van der Waals surface area contributed by atoms with E-state index in [9.17, 15) is 0 Å². The minimum Gasteiger partial charge on any atom is -0.368 e. The van der Waals surface area contributed by atoms with Gasteiger partial charge < -0.3 is 9.80 Å². The number of hydrogen-bond acceptors (Lipinski definition) is 5. The smallest absolute Gasteiger partial charge is 0.158 e. The third kappa shape index (κ3) is 3.36. The van der Waals surface area contributed by atoms with Crippen molar-refractivity contribution < 1.29 is 0 Å². The van der Waals surface area contributed by atoms with Gasteiger partial charge in [-0.3, -0.25) is 4.68 Å². The number of aromatic nitrogens is 4. The minimum atomic E-state index is 0.831. The number of benzene rings is 1. The van der Waals surface area contributed by atoms with Crippen molar-refractivity contribution in [3.8, 4) is 0 Å². The van der Waals surface area contributed by atoms with Gasteiger partial charge in [-0.05, 0) is 32.4 Å². The van der Waals surface area contributed by atoms with Gasteiger partial charge in [0.25, 0.3) is 0 Å². The van der Waals surface area contributed by atoms with Crippen molar-refractivity contribution in [1.82, 2.24) is 19.7 Å². The highest BCUT2D eigenvalue weighted by molar-refractivity contribution is 5.88. The van der Waals surface area contributed by atoms with Crippen molar-refractivity contribution in [3.63, 3.8) is 0 Å². The Morgan fingerprint density at radius 1 is 0.926 bits per heavy atom. The highest BCUT2D eigenvalue weighted by Gasteiger charge is 2.24. The standard InChI is InChI=1S/C21H28N6/c1-4-9-18-22-19-16(3)24-27(5-2)20(19)21(23-18)26-14-12-25(13-15-26)17-10-7-6-8-11-17/h6-8,10-11H,4-5,9,12-15H2,1-3H3. The van der Waals surface area contributed by atoms with Gasteiger partial charge in [0.05, 0.1) is 5.69 Å². The van der Waals surface area contributed by atoms with Crippen LogP contribution in [0.5, 0.6) is 0 Å². The van der Waals surface area contributed by atoms with Gasteiger partial charge in [-0.15, -0.1) is 0 Å². The molecule has 0 atom stereocenters. The molecule has 0 aliphatic carbocycles. The van der Waals surface area contributed by atoms with Crippen LogP contribution in [0.25, 0.3) is 11.0 Å². The van der Waals surface area contributed by atoms with Gasteiger partial charge in [-0.1, -0.05) is 25.1 Å². The lowest BCUT2D eigenvalue weighted by Crippen LogP contribution is -2.47. The van der Waals surface area contributed by atoms with E-state index in [1.54, 1.807) is 0 Å². The molecule has 1 aliphatic heterocycles. The molecule has 0 unspecified atom stereocenters. The lowest BCUT2D eigenvalue weighted by atomic mass is 10.2. The van der Waals surface area contributed by atoms with Gasteiger partial charge in [0, 0.05) is 44.8 Å². The molecule has 6 nitrogen and oxygen atoms in total. The van der Waals surface area contributed by atoms with Crippen LogP contribution in [0.1, 0.15) is 31.8 Å². The van der Waals surface area contributed by atoms with Gasteiger partial charge in [-0.25, -0.2) is 9.97 Å². The molecule has 1 saturated heterocycles. The molecule has 0 amide bonds. The first-order chi connectivity index (χ1) is 13.2. The fourth-order valence-corrected chi connectivity index (χ4v) is 3.86. The molecular weight excluding hydrogens is 336 g/mol. The van der Waals surface area contributed by atoms with Crippen LogP contribution in [-0.2, 0) is 13.0 Å². The zero-order valence-corrected chi connectivity index (χ0v) is 16.5. The quantitative estimate of drug-likeness (QED) is 0.694. The third-order valence-corrected chi connectivity index (χ3v) is 5.26. The summed E-state index contributed by atoms with van der Waals surface area (Å²) >= 11 is 0. The molecule has 3 aromatic rings. The first-order valence-corrected chi connectivity index (χ1v) is 10.00. The van der Waals surface area contributed by atoms with Crippen molar-refractivity contribution in [2.24, 2.45) is 0 Å². The van der Waals surface area contributed by atoms with E-state index < -0.39 is 0 Å². The molecule has 0 saturated carbocycles. The number of para-hydroxylation sites is 1. The lowest BCUT2D eigenvalue weighted by Gasteiger charge is -2.37. The summed E-state index contributed by atoms with van der Waals surface area (Å²) in [4.78, 5) is 14.7. The number of hydrogen-bond donors (Lipinski definition) is 0. The van der Waals surface area contributed by atoms with Crippen LogP contribution in [0.15, 0.2) is 30.3 Å². The molecular formula is C21H28N6. The molecule has 0 N–H and O–H groups in total. The summed E-state index contributed by atoms with van der Waals surface area (Å²) in [5.74, 6) is 1.99. The highest BCUT2D eigenvalue weighted by Crippen LogP contribution is 2.28. The Hall–Kier alpha value is -2.63. The fraction of sp³-hybridized carbons (Fsp3) is 0.476. The van der Waals surface area contributed by atoms with E-state index in [0.29, 0.717) is 0 Å².